The van der Waals surface area contributed by atoms with E-state index in [-0.39, 0.29) is 24.5 Å². The lowest BCUT2D eigenvalue weighted by molar-refractivity contribution is -0.149. The summed E-state index contributed by atoms with van der Waals surface area (Å²) in [6.07, 6.45) is 1.29. The predicted molar refractivity (Wildman–Crippen MR) is 85.6 cm³/mol. The number of aliphatic hydroxyl groups excluding tert-OH is 1. The van der Waals surface area contributed by atoms with Crippen molar-refractivity contribution in [2.75, 3.05) is 24.7 Å². The third-order valence-electron chi connectivity index (χ3n) is 3.07. The molecule has 2 heterocycles. The Morgan fingerprint density at radius 1 is 1.58 bits per heavy atom. The minimum atomic E-state index is -0.734. The highest BCUT2D eigenvalue weighted by molar-refractivity contribution is 14.1. The van der Waals surface area contributed by atoms with Crippen molar-refractivity contribution in [3.8, 4) is 0 Å². The van der Waals surface area contributed by atoms with Crippen LogP contribution in [0, 0.1) is 0 Å². The zero-order valence-corrected chi connectivity index (χ0v) is 14.2. The molecule has 2 fully saturated rings. The number of nitrogens with one attached hydrogen (secondary N) is 1. The number of thioether (sulfide) groups is 1. The fourth-order valence-electron chi connectivity index (χ4n) is 1.74. The van der Waals surface area contributed by atoms with Gasteiger partial charge >= 0.3 is 0 Å². The summed E-state index contributed by atoms with van der Waals surface area (Å²) in [4.78, 5) is 24.8. The number of fused-ring (bicyclic) bond motifs is 1. The van der Waals surface area contributed by atoms with E-state index in [0.29, 0.717) is 12.3 Å². The van der Waals surface area contributed by atoms with E-state index >= 15 is 0 Å². The third kappa shape index (κ3) is 4.78. The van der Waals surface area contributed by atoms with Gasteiger partial charge in [-0.1, -0.05) is 36.4 Å². The van der Waals surface area contributed by atoms with Gasteiger partial charge in [0.2, 0.25) is 11.8 Å². The first-order valence-electron chi connectivity index (χ1n) is 6.44. The van der Waals surface area contributed by atoms with Crippen molar-refractivity contribution in [3.05, 3.63) is 0 Å². The highest BCUT2D eigenvalue weighted by Gasteiger charge is 2.41. The first kappa shape index (κ1) is 17.0. The van der Waals surface area contributed by atoms with Gasteiger partial charge in [0.15, 0.2) is 0 Å². The average molecular weight is 400 g/mol. The number of hydrogen-bond donors (Lipinski definition) is 2. The number of alkyl halides is 1. The second-order valence-corrected chi connectivity index (χ2v) is 7.83. The van der Waals surface area contributed by atoms with Crippen LogP contribution in [0.25, 0.3) is 0 Å². The van der Waals surface area contributed by atoms with Crippen molar-refractivity contribution in [1.29, 1.82) is 0 Å². The van der Waals surface area contributed by atoms with E-state index in [4.69, 9.17) is 5.11 Å². The van der Waals surface area contributed by atoms with Crippen LogP contribution in [0.2, 0.25) is 0 Å². The number of carbonyl (C=O) groups is 2. The Morgan fingerprint density at radius 2 is 2.21 bits per heavy atom. The van der Waals surface area contributed by atoms with Crippen LogP contribution >= 0.6 is 34.4 Å². The van der Waals surface area contributed by atoms with Gasteiger partial charge in [-0.25, -0.2) is 0 Å². The number of hydrogen-bond acceptors (Lipinski definition) is 4. The molecule has 0 aliphatic carbocycles. The Morgan fingerprint density at radius 3 is 2.74 bits per heavy atom. The SMILES string of the molecule is CCC(C)I.O=C1N[C@H](CO)C(=O)N2CCSCC12. The largest absolute Gasteiger partial charge is 0.394 e. The zero-order valence-electron chi connectivity index (χ0n) is 11.3. The Hall–Kier alpha value is -0.0200. The van der Waals surface area contributed by atoms with Crippen LogP contribution in [0.15, 0.2) is 0 Å². The summed E-state index contributed by atoms with van der Waals surface area (Å²) in [6.45, 7) is 4.69. The lowest BCUT2D eigenvalue weighted by Gasteiger charge is -2.40. The summed E-state index contributed by atoms with van der Waals surface area (Å²) in [5, 5.41) is 11.4. The summed E-state index contributed by atoms with van der Waals surface area (Å²) < 4.78 is 0.854. The molecule has 7 heteroatoms. The minimum absolute atomic E-state index is 0.143. The van der Waals surface area contributed by atoms with E-state index in [0.717, 1.165) is 9.68 Å². The molecule has 5 nitrogen and oxygen atoms in total. The number of piperazine rings is 1. The highest BCUT2D eigenvalue weighted by atomic mass is 127. The van der Waals surface area contributed by atoms with Gasteiger partial charge in [0.05, 0.1) is 6.61 Å². The topological polar surface area (TPSA) is 69.6 Å². The summed E-state index contributed by atoms with van der Waals surface area (Å²) in [7, 11) is 0. The molecule has 0 saturated carbocycles. The molecule has 0 radical (unpaired) electrons. The number of carbonyl (C=O) groups excluding carboxylic acids is 2. The van der Waals surface area contributed by atoms with Gasteiger partial charge in [-0.05, 0) is 6.42 Å². The summed E-state index contributed by atoms with van der Waals surface area (Å²) in [6, 6.07) is -1.06. The van der Waals surface area contributed by atoms with Gasteiger partial charge < -0.3 is 15.3 Å². The molecule has 110 valence electrons. The van der Waals surface area contributed by atoms with Crippen LogP contribution in [-0.4, -0.2) is 62.5 Å². The lowest BCUT2D eigenvalue weighted by atomic mass is 10.1. The van der Waals surface area contributed by atoms with E-state index < -0.39 is 6.04 Å². The first-order chi connectivity index (χ1) is 9.01. The smallest absolute Gasteiger partial charge is 0.248 e. The van der Waals surface area contributed by atoms with Crippen molar-refractivity contribution in [1.82, 2.24) is 10.2 Å². The molecule has 0 aromatic heterocycles. The van der Waals surface area contributed by atoms with Crippen molar-refractivity contribution >= 4 is 46.2 Å². The molecule has 2 unspecified atom stereocenters. The van der Waals surface area contributed by atoms with Gasteiger partial charge in [0, 0.05) is 22.0 Å². The first-order valence-corrected chi connectivity index (χ1v) is 8.84. The minimum Gasteiger partial charge on any atom is -0.394 e. The van der Waals surface area contributed by atoms with Gasteiger partial charge in [0.25, 0.3) is 0 Å². The number of amides is 2. The molecule has 2 rings (SSSR count). The van der Waals surface area contributed by atoms with Gasteiger partial charge in [-0.15, -0.1) is 0 Å². The van der Waals surface area contributed by atoms with Crippen LogP contribution in [-0.2, 0) is 9.59 Å². The van der Waals surface area contributed by atoms with Crippen molar-refractivity contribution < 1.29 is 14.7 Å². The maximum Gasteiger partial charge on any atom is 0.248 e. The molecule has 0 bridgehead atoms. The van der Waals surface area contributed by atoms with Gasteiger partial charge in [0.1, 0.15) is 12.1 Å². The number of rotatable bonds is 2. The van der Waals surface area contributed by atoms with E-state index in [1.165, 1.54) is 6.42 Å². The van der Waals surface area contributed by atoms with E-state index in [9.17, 15) is 9.59 Å². The number of nitrogens with zero attached hydrogens (tertiary/aromatic N) is 1. The Labute approximate surface area is 132 Å². The molecule has 3 atom stereocenters. The Balaban J connectivity index is 0.000000312. The van der Waals surface area contributed by atoms with Crippen molar-refractivity contribution in [2.24, 2.45) is 0 Å². The standard InChI is InChI=1S/C8H12N2O3S.C4H9I/c11-3-5-8(13)10-1-2-14-4-6(10)7(12)9-5;1-3-4(2)5/h5-6,11H,1-4H2,(H,9,12);4H,3H2,1-2H3/t5-,6?;/m1./s1. The zero-order chi connectivity index (χ0) is 14.4. The van der Waals surface area contributed by atoms with Crippen LogP contribution in [0.3, 0.4) is 0 Å². The molecule has 2 saturated heterocycles. The molecule has 0 aromatic rings. The second-order valence-electron chi connectivity index (χ2n) is 4.56. The third-order valence-corrected chi connectivity index (χ3v) is 4.98. The molecule has 2 aliphatic heterocycles. The summed E-state index contributed by atoms with van der Waals surface area (Å²) in [5.41, 5.74) is 0. The van der Waals surface area contributed by atoms with E-state index in [1.807, 2.05) is 0 Å². The molecule has 0 aromatic carbocycles. The summed E-state index contributed by atoms with van der Waals surface area (Å²) in [5.74, 6) is 1.23. The predicted octanol–water partition coefficient (Wildman–Crippen LogP) is 0.641. The quantitative estimate of drug-likeness (QED) is 0.528. The molecule has 2 N–H and O–H groups in total. The normalized spacial score (nSPS) is 27.9. The Kier molecular flexibility index (Phi) is 7.45. The Bertz CT molecular complexity index is 328. The van der Waals surface area contributed by atoms with Crippen LogP contribution < -0.4 is 5.32 Å². The molecule has 0 spiro atoms. The average Bonchev–Trinajstić information content (AvgIpc) is 2.43. The van der Waals surface area contributed by atoms with Crippen LogP contribution in [0.1, 0.15) is 20.3 Å². The van der Waals surface area contributed by atoms with E-state index in [2.05, 4.69) is 41.8 Å². The lowest BCUT2D eigenvalue weighted by Crippen LogP contribution is -2.66. The maximum absolute atomic E-state index is 11.7. The van der Waals surface area contributed by atoms with Gasteiger partial charge in [-0.3, -0.25) is 9.59 Å². The molecule has 2 amide bonds. The molecule has 2 aliphatic rings. The maximum atomic E-state index is 11.7. The second kappa shape index (κ2) is 8.31. The van der Waals surface area contributed by atoms with Crippen LogP contribution in [0.4, 0.5) is 0 Å². The van der Waals surface area contributed by atoms with Gasteiger partial charge in [-0.2, -0.15) is 11.8 Å². The fourth-order valence-corrected chi connectivity index (χ4v) is 2.79. The molecular formula is C12H21IN2O3S. The molecular weight excluding hydrogens is 379 g/mol. The number of halogens is 1. The molecule has 19 heavy (non-hydrogen) atoms. The van der Waals surface area contributed by atoms with Crippen molar-refractivity contribution in [3.63, 3.8) is 0 Å². The monoisotopic (exact) mass is 400 g/mol. The number of aliphatic hydroxyl groups is 1. The fraction of sp³-hybridized carbons (Fsp3) is 0.833. The van der Waals surface area contributed by atoms with E-state index in [1.54, 1.807) is 16.7 Å². The summed E-state index contributed by atoms with van der Waals surface area (Å²) >= 11 is 4.08. The highest BCUT2D eigenvalue weighted by Crippen LogP contribution is 2.20. The van der Waals surface area contributed by atoms with Crippen molar-refractivity contribution in [2.45, 2.75) is 36.3 Å². The van der Waals surface area contributed by atoms with Crippen LogP contribution in [0.5, 0.6) is 0 Å².